The zero-order valence-electron chi connectivity index (χ0n) is 9.07. The van der Waals surface area contributed by atoms with E-state index in [4.69, 9.17) is 5.73 Å². The van der Waals surface area contributed by atoms with Gasteiger partial charge in [-0.3, -0.25) is 0 Å². The molecule has 0 aliphatic heterocycles. The summed E-state index contributed by atoms with van der Waals surface area (Å²) in [6.45, 7) is 4.59. The summed E-state index contributed by atoms with van der Waals surface area (Å²) in [6, 6.07) is 8.22. The first-order valence-corrected chi connectivity index (χ1v) is 5.02. The molecule has 1 aromatic carbocycles. The second-order valence-corrected chi connectivity index (χ2v) is 3.67. The molecule has 0 atom stereocenters. The van der Waals surface area contributed by atoms with Gasteiger partial charge < -0.3 is 10.3 Å². The summed E-state index contributed by atoms with van der Waals surface area (Å²) in [6.07, 6.45) is 2.03. The lowest BCUT2D eigenvalue weighted by Crippen LogP contribution is -1.98. The van der Waals surface area contributed by atoms with Gasteiger partial charge in [-0.2, -0.15) is 0 Å². The van der Waals surface area contributed by atoms with Gasteiger partial charge in [0.2, 0.25) is 0 Å². The molecule has 0 fully saturated rings. The number of nitrogens with two attached hydrogens (primary N) is 1. The van der Waals surface area contributed by atoms with Gasteiger partial charge in [0.25, 0.3) is 0 Å². The lowest BCUT2D eigenvalue weighted by molar-refractivity contribution is 0.969. The van der Waals surface area contributed by atoms with Gasteiger partial charge in [0, 0.05) is 18.4 Å². The maximum Gasteiger partial charge on any atom is 0.110 e. The minimum absolute atomic E-state index is 0.586. The van der Waals surface area contributed by atoms with Crippen molar-refractivity contribution in [1.82, 2.24) is 9.55 Å². The van der Waals surface area contributed by atoms with Crippen LogP contribution in [0.25, 0.3) is 5.69 Å². The van der Waals surface area contributed by atoms with Crippen LogP contribution in [-0.2, 0) is 6.54 Å². The van der Waals surface area contributed by atoms with Gasteiger partial charge in [0.05, 0.1) is 5.69 Å². The number of rotatable bonds is 2. The fraction of sp³-hybridized carbons (Fsp3) is 0.250. The van der Waals surface area contributed by atoms with Crippen LogP contribution < -0.4 is 5.73 Å². The summed E-state index contributed by atoms with van der Waals surface area (Å²) in [4.78, 5) is 4.37. The van der Waals surface area contributed by atoms with Crippen molar-refractivity contribution in [2.75, 3.05) is 0 Å². The van der Waals surface area contributed by atoms with E-state index >= 15 is 0 Å². The predicted molar refractivity (Wildman–Crippen MR) is 60.9 cm³/mol. The van der Waals surface area contributed by atoms with Crippen molar-refractivity contribution in [3.63, 3.8) is 0 Å². The molecule has 2 N–H and O–H groups in total. The summed E-state index contributed by atoms with van der Waals surface area (Å²) < 4.78 is 2.08. The monoisotopic (exact) mass is 201 g/mol. The number of nitrogens with zero attached hydrogens (tertiary/aromatic N) is 2. The Hall–Kier alpha value is -1.61. The average Bonchev–Trinajstić information content (AvgIpc) is 2.58. The van der Waals surface area contributed by atoms with Crippen molar-refractivity contribution in [1.29, 1.82) is 0 Å². The van der Waals surface area contributed by atoms with E-state index in [9.17, 15) is 0 Å². The topological polar surface area (TPSA) is 43.8 Å². The first kappa shape index (κ1) is 9.93. The van der Waals surface area contributed by atoms with E-state index in [0.717, 1.165) is 22.8 Å². The zero-order chi connectivity index (χ0) is 10.8. The molecule has 0 amide bonds. The summed E-state index contributed by atoms with van der Waals surface area (Å²) >= 11 is 0. The highest BCUT2D eigenvalue weighted by atomic mass is 15.1. The largest absolute Gasteiger partial charge is 0.326 e. The van der Waals surface area contributed by atoms with Crippen LogP contribution >= 0.6 is 0 Å². The maximum absolute atomic E-state index is 5.55. The lowest BCUT2D eigenvalue weighted by atomic mass is 10.2. The molecule has 0 radical (unpaired) electrons. The van der Waals surface area contributed by atoms with E-state index in [1.54, 1.807) is 0 Å². The third-order valence-corrected chi connectivity index (χ3v) is 2.45. The lowest BCUT2D eigenvalue weighted by Gasteiger charge is -2.05. The first-order chi connectivity index (χ1) is 7.20. The third-order valence-electron chi connectivity index (χ3n) is 2.45. The molecular weight excluding hydrogens is 186 g/mol. The van der Waals surface area contributed by atoms with E-state index in [-0.39, 0.29) is 0 Å². The van der Waals surface area contributed by atoms with Crippen LogP contribution in [0.15, 0.2) is 30.5 Å². The Morgan fingerprint density at radius 1 is 1.20 bits per heavy atom. The number of benzene rings is 1. The smallest absolute Gasteiger partial charge is 0.110 e. The van der Waals surface area contributed by atoms with E-state index < -0.39 is 0 Å². The normalized spacial score (nSPS) is 10.6. The molecule has 15 heavy (non-hydrogen) atoms. The van der Waals surface area contributed by atoms with Gasteiger partial charge in [-0.25, -0.2) is 4.98 Å². The Morgan fingerprint density at radius 2 is 1.87 bits per heavy atom. The second-order valence-electron chi connectivity index (χ2n) is 3.67. The van der Waals surface area contributed by atoms with E-state index in [2.05, 4.69) is 21.7 Å². The van der Waals surface area contributed by atoms with E-state index in [0.29, 0.717) is 6.54 Å². The molecule has 2 aromatic rings. The maximum atomic E-state index is 5.55. The molecule has 0 aliphatic rings. The SMILES string of the molecule is Cc1cn(-c2ccc(CN)cc2)c(C)n1. The van der Waals surface area contributed by atoms with Crippen molar-refractivity contribution in [3.8, 4) is 5.69 Å². The fourth-order valence-corrected chi connectivity index (χ4v) is 1.67. The molecule has 0 aliphatic carbocycles. The quantitative estimate of drug-likeness (QED) is 0.807. The van der Waals surface area contributed by atoms with Crippen LogP contribution in [0.3, 0.4) is 0 Å². The van der Waals surface area contributed by atoms with Crippen molar-refractivity contribution < 1.29 is 0 Å². The standard InChI is InChI=1S/C12H15N3/c1-9-8-15(10(2)14-9)12-5-3-11(7-13)4-6-12/h3-6,8H,7,13H2,1-2H3. The summed E-state index contributed by atoms with van der Waals surface area (Å²) in [5.41, 5.74) is 8.87. The van der Waals surface area contributed by atoms with Crippen LogP contribution in [0.4, 0.5) is 0 Å². The molecule has 1 aromatic heterocycles. The predicted octanol–water partition coefficient (Wildman–Crippen LogP) is 1.95. The van der Waals surface area contributed by atoms with Gasteiger partial charge in [0.15, 0.2) is 0 Å². The van der Waals surface area contributed by atoms with Gasteiger partial charge >= 0.3 is 0 Å². The first-order valence-electron chi connectivity index (χ1n) is 5.02. The van der Waals surface area contributed by atoms with Crippen molar-refractivity contribution in [2.24, 2.45) is 5.73 Å². The van der Waals surface area contributed by atoms with Crippen molar-refractivity contribution in [3.05, 3.63) is 47.5 Å². The minimum Gasteiger partial charge on any atom is -0.326 e. The fourth-order valence-electron chi connectivity index (χ4n) is 1.67. The Kier molecular flexibility index (Phi) is 2.56. The number of aryl methyl sites for hydroxylation is 2. The second kappa shape index (κ2) is 3.87. The average molecular weight is 201 g/mol. The van der Waals surface area contributed by atoms with Crippen LogP contribution in [-0.4, -0.2) is 9.55 Å². The van der Waals surface area contributed by atoms with Crippen LogP contribution in [0.1, 0.15) is 17.1 Å². The third kappa shape index (κ3) is 1.92. The Morgan fingerprint density at radius 3 is 2.33 bits per heavy atom. The highest BCUT2D eigenvalue weighted by molar-refractivity contribution is 5.36. The Bertz CT molecular complexity index is 454. The minimum atomic E-state index is 0.586. The summed E-state index contributed by atoms with van der Waals surface area (Å²) in [5.74, 6) is 1.01. The van der Waals surface area contributed by atoms with Gasteiger partial charge in [-0.05, 0) is 31.5 Å². The molecule has 1 heterocycles. The van der Waals surface area contributed by atoms with Crippen LogP contribution in [0, 0.1) is 13.8 Å². The Labute approximate surface area is 89.6 Å². The number of hydrogen-bond donors (Lipinski definition) is 1. The molecule has 3 heteroatoms. The number of imidazole rings is 1. The van der Waals surface area contributed by atoms with Crippen molar-refractivity contribution >= 4 is 0 Å². The van der Waals surface area contributed by atoms with Crippen LogP contribution in [0.5, 0.6) is 0 Å². The van der Waals surface area contributed by atoms with Crippen LogP contribution in [0.2, 0.25) is 0 Å². The van der Waals surface area contributed by atoms with Gasteiger partial charge in [-0.1, -0.05) is 12.1 Å². The number of aromatic nitrogens is 2. The zero-order valence-corrected chi connectivity index (χ0v) is 9.07. The molecular formula is C12H15N3. The van der Waals surface area contributed by atoms with E-state index in [1.165, 1.54) is 0 Å². The van der Waals surface area contributed by atoms with Gasteiger partial charge in [-0.15, -0.1) is 0 Å². The molecule has 2 rings (SSSR count). The number of hydrogen-bond acceptors (Lipinski definition) is 2. The molecule has 0 bridgehead atoms. The molecule has 78 valence electrons. The summed E-state index contributed by atoms with van der Waals surface area (Å²) in [7, 11) is 0. The highest BCUT2D eigenvalue weighted by Crippen LogP contribution is 2.12. The van der Waals surface area contributed by atoms with E-state index in [1.807, 2.05) is 32.2 Å². The molecule has 0 saturated carbocycles. The molecule has 0 spiro atoms. The van der Waals surface area contributed by atoms with Gasteiger partial charge in [0.1, 0.15) is 5.82 Å². The Balaban J connectivity index is 2.41. The molecule has 0 saturated heterocycles. The summed E-state index contributed by atoms with van der Waals surface area (Å²) in [5, 5.41) is 0. The molecule has 0 unspecified atom stereocenters. The van der Waals surface area contributed by atoms with Crippen molar-refractivity contribution in [2.45, 2.75) is 20.4 Å². The highest BCUT2D eigenvalue weighted by Gasteiger charge is 2.02. The molecule has 3 nitrogen and oxygen atoms in total.